The minimum Gasteiger partial charge on any atom is -0.381 e. The fraction of sp³-hybridized carbons (Fsp3) is 0.0556. The molecule has 0 saturated carbocycles. The largest absolute Gasteiger partial charge is 0.381 e. The lowest BCUT2D eigenvalue weighted by Gasteiger charge is -2.20. The van der Waals surface area contributed by atoms with Crippen LogP contribution in [0.3, 0.4) is 0 Å². The van der Waals surface area contributed by atoms with Crippen LogP contribution in [-0.4, -0.2) is 5.78 Å². The second-order valence-electron chi connectivity index (χ2n) is 4.70. The van der Waals surface area contributed by atoms with Crippen LogP contribution in [0, 0.1) is 0 Å². The first-order valence-corrected chi connectivity index (χ1v) is 6.64. The highest BCUT2D eigenvalue weighted by atomic mass is 16.1. The van der Waals surface area contributed by atoms with Crippen molar-refractivity contribution in [1.82, 2.24) is 5.32 Å². The van der Waals surface area contributed by atoms with Crippen LogP contribution in [0.25, 0.3) is 6.08 Å². The molecule has 0 amide bonds. The molecule has 2 nitrogen and oxygen atoms in total. The maximum atomic E-state index is 12.1. The van der Waals surface area contributed by atoms with Crippen LogP contribution < -0.4 is 5.32 Å². The topological polar surface area (TPSA) is 29.1 Å². The van der Waals surface area contributed by atoms with Crippen LogP contribution in [0.1, 0.15) is 27.5 Å². The van der Waals surface area contributed by atoms with Crippen LogP contribution in [0.2, 0.25) is 0 Å². The van der Waals surface area contributed by atoms with Crippen molar-refractivity contribution in [3.05, 3.63) is 89.6 Å². The molecule has 0 aromatic heterocycles. The Morgan fingerprint density at radius 2 is 1.75 bits per heavy atom. The van der Waals surface area contributed by atoms with Gasteiger partial charge in [-0.15, -0.1) is 0 Å². The van der Waals surface area contributed by atoms with Crippen molar-refractivity contribution in [3.63, 3.8) is 0 Å². The molecule has 1 N–H and O–H groups in total. The van der Waals surface area contributed by atoms with Crippen LogP contribution in [0.5, 0.6) is 0 Å². The summed E-state index contributed by atoms with van der Waals surface area (Å²) in [5, 5.41) is 3.26. The van der Waals surface area contributed by atoms with E-state index < -0.39 is 0 Å². The van der Waals surface area contributed by atoms with E-state index in [1.54, 1.807) is 6.08 Å². The molecule has 2 heteroatoms. The molecule has 3 rings (SSSR count). The Labute approximate surface area is 118 Å². The summed E-state index contributed by atoms with van der Waals surface area (Å²) in [4.78, 5) is 12.1. The summed E-state index contributed by atoms with van der Waals surface area (Å²) in [5.74, 6) is 0.0273. The Hall–Kier alpha value is -2.61. The van der Waals surface area contributed by atoms with Crippen LogP contribution in [0.4, 0.5) is 0 Å². The first kappa shape index (κ1) is 12.4. The van der Waals surface area contributed by atoms with Gasteiger partial charge < -0.3 is 5.32 Å². The minimum atomic E-state index is 0.0273. The summed E-state index contributed by atoms with van der Waals surface area (Å²) < 4.78 is 0. The maximum Gasteiger partial charge on any atom is 0.185 e. The number of hydrogen-bond acceptors (Lipinski definition) is 2. The molecule has 2 aromatic carbocycles. The Kier molecular flexibility index (Phi) is 3.46. The van der Waals surface area contributed by atoms with E-state index in [2.05, 4.69) is 17.4 Å². The standard InChI is InChI=1S/C18H15NO/c20-18(15-7-2-1-3-8-15)11-10-17-16-9-5-4-6-14(16)12-13-19-17/h1-13,17,19H/b11-10+. The number of carbonyl (C=O) groups is 1. The molecule has 1 aliphatic rings. The molecule has 20 heavy (non-hydrogen) atoms. The van der Waals surface area contributed by atoms with Gasteiger partial charge in [0.15, 0.2) is 5.78 Å². The lowest BCUT2D eigenvalue weighted by atomic mass is 9.97. The number of hydrogen-bond donors (Lipinski definition) is 1. The molecule has 1 atom stereocenters. The van der Waals surface area contributed by atoms with E-state index in [1.165, 1.54) is 11.1 Å². The number of allylic oxidation sites excluding steroid dienone is 1. The first-order chi connectivity index (χ1) is 9.84. The Balaban J connectivity index is 1.80. The fourth-order valence-electron chi connectivity index (χ4n) is 2.32. The van der Waals surface area contributed by atoms with Gasteiger partial charge in [-0.3, -0.25) is 4.79 Å². The normalized spacial score (nSPS) is 16.7. The molecular weight excluding hydrogens is 246 g/mol. The van der Waals surface area contributed by atoms with Gasteiger partial charge in [0.05, 0.1) is 6.04 Å². The molecule has 0 bridgehead atoms. The molecule has 0 spiro atoms. The summed E-state index contributed by atoms with van der Waals surface area (Å²) >= 11 is 0. The highest BCUT2D eigenvalue weighted by molar-refractivity contribution is 6.04. The van der Waals surface area contributed by atoms with Gasteiger partial charge in [0.25, 0.3) is 0 Å². The Bertz CT molecular complexity index is 671. The molecular formula is C18H15NO. The molecule has 1 unspecified atom stereocenters. The van der Waals surface area contributed by atoms with Gasteiger partial charge in [0.2, 0.25) is 0 Å². The predicted molar refractivity (Wildman–Crippen MR) is 81.3 cm³/mol. The molecule has 1 aliphatic heterocycles. The zero-order valence-corrected chi connectivity index (χ0v) is 11.0. The molecule has 0 fully saturated rings. The van der Waals surface area contributed by atoms with Crippen molar-refractivity contribution in [2.75, 3.05) is 0 Å². The van der Waals surface area contributed by atoms with Crippen molar-refractivity contribution in [2.24, 2.45) is 0 Å². The third-order valence-electron chi connectivity index (χ3n) is 3.37. The van der Waals surface area contributed by atoms with E-state index in [0.717, 1.165) is 0 Å². The smallest absolute Gasteiger partial charge is 0.185 e. The van der Waals surface area contributed by atoms with Crippen LogP contribution in [-0.2, 0) is 0 Å². The third kappa shape index (κ3) is 2.54. The second kappa shape index (κ2) is 5.57. The van der Waals surface area contributed by atoms with E-state index >= 15 is 0 Å². The first-order valence-electron chi connectivity index (χ1n) is 6.64. The van der Waals surface area contributed by atoms with Gasteiger partial charge in [-0.25, -0.2) is 0 Å². The summed E-state index contributed by atoms with van der Waals surface area (Å²) in [6.45, 7) is 0. The minimum absolute atomic E-state index is 0.0273. The number of ketones is 1. The maximum absolute atomic E-state index is 12.1. The van der Waals surface area contributed by atoms with Gasteiger partial charge in [-0.05, 0) is 29.5 Å². The van der Waals surface area contributed by atoms with Gasteiger partial charge in [-0.1, -0.05) is 60.7 Å². The van der Waals surface area contributed by atoms with E-state index in [4.69, 9.17) is 0 Å². The fourth-order valence-corrected chi connectivity index (χ4v) is 2.32. The number of benzene rings is 2. The quantitative estimate of drug-likeness (QED) is 0.673. The monoisotopic (exact) mass is 261 g/mol. The third-order valence-corrected chi connectivity index (χ3v) is 3.37. The molecule has 0 saturated heterocycles. The summed E-state index contributed by atoms with van der Waals surface area (Å²) in [6, 6.07) is 17.5. The molecule has 2 aromatic rings. The molecule has 0 radical (unpaired) electrons. The lowest BCUT2D eigenvalue weighted by Crippen LogP contribution is -2.17. The number of rotatable bonds is 3. The average Bonchev–Trinajstić information content (AvgIpc) is 2.53. The summed E-state index contributed by atoms with van der Waals surface area (Å²) in [5.41, 5.74) is 3.09. The van der Waals surface area contributed by atoms with Gasteiger partial charge >= 0.3 is 0 Å². The summed E-state index contributed by atoms with van der Waals surface area (Å²) in [6.07, 6.45) is 7.52. The van der Waals surface area contributed by atoms with E-state index in [-0.39, 0.29) is 11.8 Å². The number of carbonyl (C=O) groups excluding carboxylic acids is 1. The van der Waals surface area contributed by atoms with Gasteiger partial charge in [0.1, 0.15) is 0 Å². The molecule has 1 heterocycles. The number of nitrogens with one attached hydrogen (secondary N) is 1. The molecule has 0 aliphatic carbocycles. The zero-order valence-electron chi connectivity index (χ0n) is 11.0. The SMILES string of the molecule is O=C(/C=C/C1NC=Cc2ccccc21)c1ccccc1. The highest BCUT2D eigenvalue weighted by Gasteiger charge is 2.13. The van der Waals surface area contributed by atoms with Crippen molar-refractivity contribution in [2.45, 2.75) is 6.04 Å². The Morgan fingerprint density at radius 1 is 1.00 bits per heavy atom. The summed E-state index contributed by atoms with van der Waals surface area (Å²) in [7, 11) is 0. The molecule has 98 valence electrons. The van der Waals surface area contributed by atoms with E-state index in [0.29, 0.717) is 5.56 Å². The van der Waals surface area contributed by atoms with E-state index in [9.17, 15) is 4.79 Å². The predicted octanol–water partition coefficient (Wildman–Crippen LogP) is 3.74. The van der Waals surface area contributed by atoms with Crippen molar-refractivity contribution < 1.29 is 4.79 Å². The van der Waals surface area contributed by atoms with Crippen LogP contribution >= 0.6 is 0 Å². The highest BCUT2D eigenvalue weighted by Crippen LogP contribution is 2.24. The van der Waals surface area contributed by atoms with Crippen molar-refractivity contribution >= 4 is 11.9 Å². The lowest BCUT2D eigenvalue weighted by molar-refractivity contribution is 0.104. The van der Waals surface area contributed by atoms with Crippen molar-refractivity contribution in [1.29, 1.82) is 0 Å². The van der Waals surface area contributed by atoms with E-state index in [1.807, 2.05) is 60.8 Å². The second-order valence-corrected chi connectivity index (χ2v) is 4.70. The number of fused-ring (bicyclic) bond motifs is 1. The van der Waals surface area contributed by atoms with Gasteiger partial charge in [0, 0.05) is 5.56 Å². The van der Waals surface area contributed by atoms with Gasteiger partial charge in [-0.2, -0.15) is 0 Å². The Morgan fingerprint density at radius 3 is 2.60 bits per heavy atom. The van der Waals surface area contributed by atoms with Crippen molar-refractivity contribution in [3.8, 4) is 0 Å². The van der Waals surface area contributed by atoms with Crippen LogP contribution in [0.15, 0.2) is 72.9 Å². The average molecular weight is 261 g/mol. The zero-order chi connectivity index (χ0) is 13.8.